The highest BCUT2D eigenvalue weighted by Crippen LogP contribution is 2.37. The summed E-state index contributed by atoms with van der Waals surface area (Å²) >= 11 is 0. The Hall–Kier alpha value is -0.835. The Balaban J connectivity index is 1.96. The van der Waals surface area contributed by atoms with Crippen molar-refractivity contribution in [1.82, 2.24) is 0 Å². The smallest absolute Gasteiger partial charge is 0.399 e. The molecule has 1 aliphatic heterocycles. The molecule has 0 radical (unpaired) electrons. The van der Waals surface area contributed by atoms with E-state index in [0.29, 0.717) is 0 Å². The van der Waals surface area contributed by atoms with E-state index in [4.69, 9.17) is 15.0 Å². The van der Waals surface area contributed by atoms with Crippen molar-refractivity contribution in [1.29, 1.82) is 0 Å². The first-order valence-electron chi connectivity index (χ1n) is 7.02. The summed E-state index contributed by atoms with van der Waals surface area (Å²) < 4.78 is 12.3. The molecule has 0 unspecified atom stereocenters. The molecule has 0 bridgehead atoms. The fraction of sp³-hybridized carbons (Fsp3) is 0.600. The van der Waals surface area contributed by atoms with Gasteiger partial charge in [0.1, 0.15) is 0 Å². The molecule has 1 aromatic rings. The molecule has 1 saturated heterocycles. The molecule has 3 rings (SSSR count). The number of hydrogen-bond acceptors (Lipinski definition) is 3. The second kappa shape index (κ2) is 4.08. The van der Waals surface area contributed by atoms with Gasteiger partial charge in [0.25, 0.3) is 0 Å². The lowest BCUT2D eigenvalue weighted by molar-refractivity contribution is 0.00578. The second-order valence-corrected chi connectivity index (χ2v) is 6.74. The summed E-state index contributed by atoms with van der Waals surface area (Å²) in [6, 6.07) is 6.59. The summed E-state index contributed by atoms with van der Waals surface area (Å²) in [5.74, 6) is 0. The van der Waals surface area contributed by atoms with Gasteiger partial charge in [-0.2, -0.15) is 0 Å². The molecular formula is C15H22BNO2. The molecule has 1 atom stereocenters. The Morgan fingerprint density at radius 1 is 1.11 bits per heavy atom. The third-order valence-corrected chi connectivity index (χ3v) is 4.76. The van der Waals surface area contributed by atoms with Gasteiger partial charge in [-0.3, -0.25) is 0 Å². The minimum absolute atomic E-state index is 0.235. The molecule has 0 aromatic heterocycles. The molecule has 4 heteroatoms. The van der Waals surface area contributed by atoms with Crippen LogP contribution >= 0.6 is 0 Å². The molecule has 0 saturated carbocycles. The van der Waals surface area contributed by atoms with Gasteiger partial charge < -0.3 is 15.0 Å². The predicted octanol–water partition coefficient (Wildman–Crippen LogP) is 1.41. The largest absolute Gasteiger partial charge is 0.495 e. The lowest BCUT2D eigenvalue weighted by atomic mass is 9.75. The molecule has 2 N–H and O–H groups in total. The normalized spacial score (nSPS) is 27.6. The van der Waals surface area contributed by atoms with E-state index in [1.807, 2.05) is 0 Å². The van der Waals surface area contributed by atoms with Crippen LogP contribution < -0.4 is 11.2 Å². The number of hydrogen-bond donors (Lipinski definition) is 1. The quantitative estimate of drug-likeness (QED) is 0.775. The number of fused-ring (bicyclic) bond motifs is 1. The Kier molecular flexibility index (Phi) is 2.82. The topological polar surface area (TPSA) is 44.5 Å². The van der Waals surface area contributed by atoms with E-state index in [1.54, 1.807) is 0 Å². The van der Waals surface area contributed by atoms with Crippen molar-refractivity contribution in [3.05, 3.63) is 29.3 Å². The van der Waals surface area contributed by atoms with Crippen LogP contribution in [-0.4, -0.2) is 24.4 Å². The van der Waals surface area contributed by atoms with Crippen LogP contribution in [0, 0.1) is 0 Å². The van der Waals surface area contributed by atoms with Crippen molar-refractivity contribution >= 4 is 12.6 Å². The summed E-state index contributed by atoms with van der Waals surface area (Å²) in [6.45, 7) is 8.34. The minimum Gasteiger partial charge on any atom is -0.399 e. The summed E-state index contributed by atoms with van der Waals surface area (Å²) in [5.41, 5.74) is 9.33. The number of rotatable bonds is 1. The lowest BCUT2D eigenvalue weighted by Crippen LogP contribution is -2.41. The van der Waals surface area contributed by atoms with Gasteiger partial charge in [-0.15, -0.1) is 0 Å². The zero-order valence-corrected chi connectivity index (χ0v) is 12.2. The highest BCUT2D eigenvalue weighted by Gasteiger charge is 2.52. The van der Waals surface area contributed by atoms with E-state index in [2.05, 4.69) is 45.9 Å². The van der Waals surface area contributed by atoms with Crippen LogP contribution in [0.3, 0.4) is 0 Å². The Bertz CT molecular complexity index is 497. The third-order valence-electron chi connectivity index (χ3n) is 4.76. The zero-order valence-electron chi connectivity index (χ0n) is 12.2. The van der Waals surface area contributed by atoms with Crippen LogP contribution in [0.25, 0.3) is 0 Å². The highest BCUT2D eigenvalue weighted by atomic mass is 16.7. The van der Waals surface area contributed by atoms with Crippen LogP contribution in [0.2, 0.25) is 0 Å². The second-order valence-electron chi connectivity index (χ2n) is 6.74. The average molecular weight is 259 g/mol. The van der Waals surface area contributed by atoms with Crippen LogP contribution in [0.15, 0.2) is 18.2 Å². The molecule has 0 spiro atoms. The summed E-state index contributed by atoms with van der Waals surface area (Å²) in [4.78, 5) is 0. The first kappa shape index (κ1) is 13.2. The number of benzene rings is 1. The van der Waals surface area contributed by atoms with Gasteiger partial charge in [-0.1, -0.05) is 18.2 Å². The molecule has 102 valence electrons. The van der Waals surface area contributed by atoms with E-state index < -0.39 is 0 Å². The maximum atomic E-state index is 6.15. The maximum Gasteiger partial charge on any atom is 0.495 e. The average Bonchev–Trinajstić information content (AvgIpc) is 2.75. The summed E-state index contributed by atoms with van der Waals surface area (Å²) in [7, 11) is -0.273. The number of nitrogens with two attached hydrogens (primary N) is 1. The standard InChI is InChI=1S/C15H22BNO2/c1-14(2)15(3,4)19-16(18-14)13-7-5-6-10-8-11(17)9-12(10)13/h5-7,11H,8-9,17H2,1-4H3/t11-/m1/s1. The maximum absolute atomic E-state index is 6.15. The monoisotopic (exact) mass is 259 g/mol. The molecule has 1 aliphatic carbocycles. The molecule has 0 amide bonds. The van der Waals surface area contributed by atoms with Crippen molar-refractivity contribution < 1.29 is 9.31 Å². The van der Waals surface area contributed by atoms with Crippen molar-refractivity contribution in [2.45, 2.75) is 57.8 Å². The molecule has 1 aromatic carbocycles. The highest BCUT2D eigenvalue weighted by molar-refractivity contribution is 6.62. The van der Waals surface area contributed by atoms with Crippen molar-refractivity contribution in [2.24, 2.45) is 5.73 Å². The zero-order chi connectivity index (χ0) is 13.8. The first-order chi connectivity index (χ1) is 8.80. The van der Waals surface area contributed by atoms with Gasteiger partial charge in [-0.05, 0) is 57.1 Å². The van der Waals surface area contributed by atoms with Gasteiger partial charge in [0, 0.05) is 6.04 Å². The van der Waals surface area contributed by atoms with Crippen molar-refractivity contribution in [3.63, 3.8) is 0 Å². The van der Waals surface area contributed by atoms with Gasteiger partial charge in [-0.25, -0.2) is 0 Å². The summed E-state index contributed by atoms with van der Waals surface area (Å²) in [6.07, 6.45) is 1.89. The van der Waals surface area contributed by atoms with E-state index >= 15 is 0 Å². The van der Waals surface area contributed by atoms with Crippen LogP contribution in [0.4, 0.5) is 0 Å². The molecule has 1 heterocycles. The van der Waals surface area contributed by atoms with Gasteiger partial charge in [0.2, 0.25) is 0 Å². The van der Waals surface area contributed by atoms with Crippen LogP contribution in [-0.2, 0) is 22.2 Å². The molecule has 1 fully saturated rings. The van der Waals surface area contributed by atoms with Crippen molar-refractivity contribution in [2.75, 3.05) is 0 Å². The molecular weight excluding hydrogens is 237 g/mol. The molecule has 19 heavy (non-hydrogen) atoms. The van der Waals surface area contributed by atoms with Crippen molar-refractivity contribution in [3.8, 4) is 0 Å². The SMILES string of the molecule is CC1(C)OB(c2cccc3c2C[C@H](N)C3)OC1(C)C. The molecule has 3 nitrogen and oxygen atoms in total. The Morgan fingerprint density at radius 3 is 2.37 bits per heavy atom. The fourth-order valence-electron chi connectivity index (χ4n) is 2.90. The van der Waals surface area contributed by atoms with E-state index in [9.17, 15) is 0 Å². The minimum atomic E-state index is -0.291. The fourth-order valence-corrected chi connectivity index (χ4v) is 2.90. The van der Waals surface area contributed by atoms with E-state index in [1.165, 1.54) is 11.1 Å². The third kappa shape index (κ3) is 2.02. The van der Waals surface area contributed by atoms with Gasteiger partial charge in [0.15, 0.2) is 0 Å². The van der Waals surface area contributed by atoms with E-state index in [0.717, 1.165) is 18.3 Å². The lowest BCUT2D eigenvalue weighted by Gasteiger charge is -2.32. The Labute approximate surface area is 115 Å². The summed E-state index contributed by atoms with van der Waals surface area (Å²) in [5, 5.41) is 0. The van der Waals surface area contributed by atoms with Gasteiger partial charge in [0.05, 0.1) is 11.2 Å². The molecule has 2 aliphatic rings. The van der Waals surface area contributed by atoms with Crippen LogP contribution in [0.5, 0.6) is 0 Å². The first-order valence-corrected chi connectivity index (χ1v) is 7.02. The van der Waals surface area contributed by atoms with Gasteiger partial charge >= 0.3 is 7.12 Å². The van der Waals surface area contributed by atoms with E-state index in [-0.39, 0.29) is 24.4 Å². The predicted molar refractivity (Wildman–Crippen MR) is 77.5 cm³/mol. The van der Waals surface area contributed by atoms with Crippen LogP contribution in [0.1, 0.15) is 38.8 Å². The Morgan fingerprint density at radius 2 is 1.74 bits per heavy atom.